The van der Waals surface area contributed by atoms with Crippen LogP contribution in [-0.4, -0.2) is 35.6 Å². The Morgan fingerprint density at radius 2 is 2.09 bits per heavy atom. The van der Waals surface area contributed by atoms with Crippen molar-refractivity contribution in [2.24, 2.45) is 7.05 Å². The quantitative estimate of drug-likeness (QED) is 0.390. The van der Waals surface area contributed by atoms with Gasteiger partial charge in [0.05, 0.1) is 23.8 Å². The summed E-state index contributed by atoms with van der Waals surface area (Å²) < 4.78 is 45.2. The molecule has 11 heteroatoms. The summed E-state index contributed by atoms with van der Waals surface area (Å²) in [4.78, 5) is 20.0. The van der Waals surface area contributed by atoms with E-state index in [1.807, 2.05) is 13.1 Å². The van der Waals surface area contributed by atoms with E-state index in [0.717, 1.165) is 23.3 Å². The van der Waals surface area contributed by atoms with E-state index in [9.17, 15) is 17.8 Å². The van der Waals surface area contributed by atoms with Crippen molar-refractivity contribution < 1.29 is 17.8 Å². The second kappa shape index (κ2) is 8.87. The number of benzene rings is 1. The predicted octanol–water partition coefficient (Wildman–Crippen LogP) is 3.98. The number of hydrogen-bond acceptors (Lipinski definition) is 4. The van der Waals surface area contributed by atoms with Crippen molar-refractivity contribution in [1.29, 1.82) is 0 Å². The molecule has 0 spiro atoms. The topological polar surface area (TPSA) is 105 Å². The van der Waals surface area contributed by atoms with Crippen LogP contribution in [0.5, 0.6) is 0 Å². The van der Waals surface area contributed by atoms with Gasteiger partial charge in [-0.15, -0.1) is 0 Å². The van der Waals surface area contributed by atoms with Crippen LogP contribution >= 0.6 is 0 Å². The fourth-order valence-corrected chi connectivity index (χ4v) is 4.14. The van der Waals surface area contributed by atoms with Gasteiger partial charge in [-0.05, 0) is 24.6 Å². The molecule has 1 unspecified atom stereocenters. The number of H-pyrrole nitrogens is 1. The highest BCUT2D eigenvalue weighted by Crippen LogP contribution is 2.29. The monoisotopic (exact) mass is 458 g/mol. The maximum absolute atomic E-state index is 14.9. The zero-order chi connectivity index (χ0) is 22.8. The van der Waals surface area contributed by atoms with E-state index < -0.39 is 34.1 Å². The largest absolute Gasteiger partial charge is 0.346 e. The number of aromatic amines is 1. The number of nitrogens with zero attached hydrogens (tertiary/aromatic N) is 3. The molecule has 0 radical (unpaired) electrons. The number of nitrogens with one attached hydrogen (secondary N) is 3. The van der Waals surface area contributed by atoms with Crippen LogP contribution in [0.3, 0.4) is 0 Å². The third kappa shape index (κ3) is 4.24. The first-order valence-electron chi connectivity index (χ1n) is 9.78. The summed E-state index contributed by atoms with van der Waals surface area (Å²) in [7, 11) is 0.256. The van der Waals surface area contributed by atoms with Gasteiger partial charge < -0.3 is 15.0 Å². The van der Waals surface area contributed by atoms with Gasteiger partial charge in [0.1, 0.15) is 28.0 Å². The summed E-state index contributed by atoms with van der Waals surface area (Å²) in [6.45, 7) is 1.83. The molecular formula is C21H20F2N6O2S. The van der Waals surface area contributed by atoms with Crippen molar-refractivity contribution in [3.63, 3.8) is 0 Å². The highest BCUT2D eigenvalue weighted by Gasteiger charge is 2.22. The standard InChI is InChI=1S/C21H20F2N6O2S/c1-3-6-32(31)28-17-5-4-16(22)18(19(17)23)21(30)27-13-7-14-15(10-25-20(14)24-9-13)12-8-26-29(2)11-12/h4-5,7-11,28H,3,6H2,1-2H3,(H,24,25)(H,27,30). The zero-order valence-corrected chi connectivity index (χ0v) is 18.1. The SMILES string of the molecule is CCCS(=O)Nc1ccc(F)c(C(=O)Nc2cnc3[nH]cc(-c4cnn(C)c4)c3c2)c1F. The second-order valence-corrected chi connectivity index (χ2v) is 8.42. The Morgan fingerprint density at radius 1 is 1.28 bits per heavy atom. The third-order valence-corrected chi connectivity index (χ3v) is 5.96. The molecule has 8 nitrogen and oxygen atoms in total. The number of pyridine rings is 1. The normalized spacial score (nSPS) is 12.1. The van der Waals surface area contributed by atoms with Gasteiger partial charge in [-0.1, -0.05) is 6.92 Å². The first kappa shape index (κ1) is 21.6. The number of hydrogen-bond donors (Lipinski definition) is 3. The van der Waals surface area contributed by atoms with Crippen LogP contribution in [0.25, 0.3) is 22.2 Å². The van der Waals surface area contributed by atoms with Gasteiger partial charge in [0.2, 0.25) is 0 Å². The van der Waals surface area contributed by atoms with E-state index in [2.05, 4.69) is 25.1 Å². The molecule has 1 amide bonds. The summed E-state index contributed by atoms with van der Waals surface area (Å²) >= 11 is 0. The molecule has 0 bridgehead atoms. The first-order valence-corrected chi connectivity index (χ1v) is 11.1. The summed E-state index contributed by atoms with van der Waals surface area (Å²) in [6.07, 6.45) is 7.30. The van der Waals surface area contributed by atoms with E-state index in [-0.39, 0.29) is 11.4 Å². The summed E-state index contributed by atoms with van der Waals surface area (Å²) in [6, 6.07) is 3.73. The molecule has 1 atom stereocenters. The molecule has 0 aliphatic carbocycles. The smallest absolute Gasteiger partial charge is 0.261 e. The third-order valence-electron chi connectivity index (χ3n) is 4.74. The van der Waals surface area contributed by atoms with Crippen LogP contribution in [0.2, 0.25) is 0 Å². The molecule has 4 aromatic rings. The van der Waals surface area contributed by atoms with Crippen LogP contribution in [0.1, 0.15) is 23.7 Å². The van der Waals surface area contributed by atoms with Gasteiger partial charge in [-0.3, -0.25) is 9.48 Å². The maximum Gasteiger partial charge on any atom is 0.261 e. The molecule has 0 aliphatic rings. The molecule has 0 saturated heterocycles. The number of rotatable bonds is 7. The number of fused-ring (bicyclic) bond motifs is 1. The van der Waals surface area contributed by atoms with Crippen LogP contribution in [0.4, 0.5) is 20.2 Å². The van der Waals surface area contributed by atoms with E-state index in [4.69, 9.17) is 0 Å². The Morgan fingerprint density at radius 3 is 2.81 bits per heavy atom. The van der Waals surface area contributed by atoms with Crippen molar-refractivity contribution in [3.8, 4) is 11.1 Å². The Labute approximate surface area is 184 Å². The van der Waals surface area contributed by atoms with Crippen molar-refractivity contribution in [2.45, 2.75) is 13.3 Å². The number of carbonyl (C=O) groups excluding carboxylic acids is 1. The van der Waals surface area contributed by atoms with Crippen molar-refractivity contribution in [2.75, 3.05) is 15.8 Å². The fourth-order valence-electron chi connectivity index (χ4n) is 3.26. The highest BCUT2D eigenvalue weighted by molar-refractivity contribution is 7.86. The van der Waals surface area contributed by atoms with Gasteiger partial charge in [0.25, 0.3) is 5.91 Å². The lowest BCUT2D eigenvalue weighted by atomic mass is 10.1. The minimum absolute atomic E-state index is 0.207. The minimum atomic E-state index is -1.54. The van der Waals surface area contributed by atoms with Crippen LogP contribution in [0, 0.1) is 11.6 Å². The van der Waals surface area contributed by atoms with Crippen molar-refractivity contribution in [1.82, 2.24) is 19.7 Å². The Bertz CT molecular complexity index is 1330. The van der Waals surface area contributed by atoms with Gasteiger partial charge in [-0.2, -0.15) is 5.10 Å². The zero-order valence-electron chi connectivity index (χ0n) is 17.3. The first-order chi connectivity index (χ1) is 15.4. The fraction of sp³-hybridized carbons (Fsp3) is 0.190. The predicted molar refractivity (Wildman–Crippen MR) is 120 cm³/mol. The number of amides is 1. The molecule has 0 fully saturated rings. The maximum atomic E-state index is 14.9. The second-order valence-electron chi connectivity index (χ2n) is 7.11. The van der Waals surface area contributed by atoms with E-state index in [0.29, 0.717) is 23.2 Å². The lowest BCUT2D eigenvalue weighted by Gasteiger charge is -2.11. The molecule has 3 heterocycles. The number of aryl methyl sites for hydroxylation is 1. The lowest BCUT2D eigenvalue weighted by Crippen LogP contribution is -2.18. The molecule has 3 aromatic heterocycles. The van der Waals surface area contributed by atoms with Crippen molar-refractivity contribution >= 4 is 39.3 Å². The van der Waals surface area contributed by atoms with Gasteiger partial charge >= 0.3 is 0 Å². The molecular weight excluding hydrogens is 438 g/mol. The lowest BCUT2D eigenvalue weighted by molar-refractivity contribution is 0.101. The molecule has 166 valence electrons. The Hall–Kier alpha value is -3.60. The molecule has 1 aromatic carbocycles. The molecule has 3 N–H and O–H groups in total. The number of halogens is 2. The molecule has 0 saturated carbocycles. The number of anilines is 2. The summed E-state index contributed by atoms with van der Waals surface area (Å²) in [5.74, 6) is -2.83. The van der Waals surface area contributed by atoms with Gasteiger partial charge in [0, 0.05) is 41.7 Å². The van der Waals surface area contributed by atoms with Crippen LogP contribution in [0.15, 0.2) is 43.0 Å². The summed E-state index contributed by atoms with van der Waals surface area (Å²) in [5.41, 5.74) is 1.54. The molecule has 32 heavy (non-hydrogen) atoms. The van der Waals surface area contributed by atoms with Crippen molar-refractivity contribution in [3.05, 3.63) is 60.2 Å². The van der Waals surface area contributed by atoms with E-state index in [1.165, 1.54) is 6.20 Å². The van der Waals surface area contributed by atoms with E-state index in [1.54, 1.807) is 30.2 Å². The highest BCUT2D eigenvalue weighted by atomic mass is 32.2. The molecule has 0 aliphatic heterocycles. The minimum Gasteiger partial charge on any atom is -0.346 e. The van der Waals surface area contributed by atoms with Crippen LogP contribution < -0.4 is 10.0 Å². The molecule has 4 rings (SSSR count). The average molecular weight is 458 g/mol. The number of carbonyl (C=O) groups is 1. The van der Waals surface area contributed by atoms with Crippen LogP contribution in [-0.2, 0) is 18.0 Å². The summed E-state index contributed by atoms with van der Waals surface area (Å²) in [5, 5.41) is 7.35. The van der Waals surface area contributed by atoms with E-state index >= 15 is 0 Å². The average Bonchev–Trinajstić information content (AvgIpc) is 3.36. The Balaban J connectivity index is 1.63. The number of aromatic nitrogens is 4. The Kier molecular flexibility index (Phi) is 5.99. The van der Waals surface area contributed by atoms with Gasteiger partial charge in [-0.25, -0.2) is 18.0 Å². The van der Waals surface area contributed by atoms with Gasteiger partial charge in [0.15, 0.2) is 5.82 Å².